The molecule has 1 aromatic heterocycles. The number of non-ortho nitro benzene ring substituents is 1. The van der Waals surface area contributed by atoms with Crippen LogP contribution in [0.2, 0.25) is 0 Å². The summed E-state index contributed by atoms with van der Waals surface area (Å²) < 4.78 is 0. The zero-order valence-corrected chi connectivity index (χ0v) is 13.7. The van der Waals surface area contributed by atoms with E-state index in [4.69, 9.17) is 0 Å². The Labute approximate surface area is 148 Å². The molecule has 11 nitrogen and oxygen atoms in total. The molecule has 0 spiro atoms. The largest absolute Gasteiger partial charge is 0.361 e. The van der Waals surface area contributed by atoms with Gasteiger partial charge in [0.05, 0.1) is 15.5 Å². The third kappa shape index (κ3) is 3.94. The van der Waals surface area contributed by atoms with E-state index in [9.17, 15) is 20.2 Å². The van der Waals surface area contributed by atoms with Gasteiger partial charge in [-0.2, -0.15) is 0 Å². The number of nitrogens with zero attached hydrogens (tertiary/aromatic N) is 4. The van der Waals surface area contributed by atoms with Gasteiger partial charge < -0.3 is 5.32 Å². The summed E-state index contributed by atoms with van der Waals surface area (Å²) in [7, 11) is 0. The van der Waals surface area contributed by atoms with E-state index in [1.165, 1.54) is 30.6 Å². The normalized spacial score (nSPS) is 14.0. The van der Waals surface area contributed by atoms with Crippen LogP contribution in [-0.2, 0) is 0 Å². The van der Waals surface area contributed by atoms with E-state index >= 15 is 0 Å². The van der Waals surface area contributed by atoms with E-state index in [1.807, 2.05) is 0 Å². The molecule has 1 aliphatic rings. The first-order valence-electron chi connectivity index (χ1n) is 8.07. The maximum absolute atomic E-state index is 11.5. The molecule has 0 atom stereocenters. The van der Waals surface area contributed by atoms with Gasteiger partial charge in [-0.3, -0.25) is 31.1 Å². The predicted molar refractivity (Wildman–Crippen MR) is 94.9 cm³/mol. The highest BCUT2D eigenvalue weighted by Crippen LogP contribution is 2.31. The SMILES string of the molecule is O=[N+]([O-])c1ccc(NNc2ncnc(NC3CCCC3)c2[N+](=O)[O-])cc1. The zero-order chi connectivity index (χ0) is 18.5. The van der Waals surface area contributed by atoms with E-state index in [1.54, 1.807) is 0 Å². The summed E-state index contributed by atoms with van der Waals surface area (Å²) in [6, 6.07) is 5.78. The molecule has 0 radical (unpaired) electrons. The molecule has 11 heteroatoms. The van der Waals surface area contributed by atoms with E-state index in [0.717, 1.165) is 25.7 Å². The number of nitro benzene ring substituents is 1. The number of aromatic nitrogens is 2. The van der Waals surface area contributed by atoms with Crippen LogP contribution in [0.4, 0.5) is 28.7 Å². The molecule has 3 rings (SSSR count). The molecule has 1 aromatic carbocycles. The average molecular weight is 359 g/mol. The molecule has 1 fully saturated rings. The minimum absolute atomic E-state index is 0.00356. The van der Waals surface area contributed by atoms with Gasteiger partial charge in [0.1, 0.15) is 6.33 Å². The van der Waals surface area contributed by atoms with Gasteiger partial charge in [0.15, 0.2) is 0 Å². The van der Waals surface area contributed by atoms with E-state index in [-0.39, 0.29) is 29.1 Å². The predicted octanol–water partition coefficient (Wildman–Crippen LogP) is 3.09. The second-order valence-corrected chi connectivity index (χ2v) is 5.86. The van der Waals surface area contributed by atoms with Crippen LogP contribution in [0.15, 0.2) is 30.6 Å². The lowest BCUT2D eigenvalue weighted by Gasteiger charge is -2.14. The van der Waals surface area contributed by atoms with Gasteiger partial charge in [0.2, 0.25) is 11.6 Å². The Morgan fingerprint density at radius 2 is 1.58 bits per heavy atom. The first-order chi connectivity index (χ1) is 12.5. The van der Waals surface area contributed by atoms with Gasteiger partial charge in [-0.1, -0.05) is 12.8 Å². The monoisotopic (exact) mass is 359 g/mol. The molecule has 26 heavy (non-hydrogen) atoms. The van der Waals surface area contributed by atoms with E-state index in [0.29, 0.717) is 5.69 Å². The summed E-state index contributed by atoms with van der Waals surface area (Å²) in [5, 5.41) is 25.3. The Morgan fingerprint density at radius 3 is 2.19 bits per heavy atom. The lowest BCUT2D eigenvalue weighted by molar-refractivity contribution is -0.384. The molecular weight excluding hydrogens is 342 g/mol. The minimum Gasteiger partial charge on any atom is -0.361 e. The number of rotatable bonds is 7. The summed E-state index contributed by atoms with van der Waals surface area (Å²) in [4.78, 5) is 29.0. The lowest BCUT2D eigenvalue weighted by atomic mass is 10.2. The number of nitro groups is 2. The third-order valence-electron chi connectivity index (χ3n) is 4.10. The third-order valence-corrected chi connectivity index (χ3v) is 4.10. The smallest absolute Gasteiger partial charge is 0.354 e. The van der Waals surface area contributed by atoms with Crippen LogP contribution < -0.4 is 16.2 Å². The zero-order valence-electron chi connectivity index (χ0n) is 13.7. The maximum atomic E-state index is 11.5. The molecule has 2 aromatic rings. The summed E-state index contributed by atoms with van der Waals surface area (Å²) >= 11 is 0. The molecule has 1 aliphatic carbocycles. The Kier molecular flexibility index (Phi) is 5.06. The standard InChI is InChI=1S/C15H17N7O4/c23-21(24)12-7-5-11(6-8-12)19-20-15-13(22(25)26)14(16-9-17-15)18-10-3-1-2-4-10/h5-10,19H,1-4H2,(H2,16,17,18,20). The van der Waals surface area contributed by atoms with Crippen molar-refractivity contribution in [3.63, 3.8) is 0 Å². The van der Waals surface area contributed by atoms with Crippen molar-refractivity contribution in [2.45, 2.75) is 31.7 Å². The van der Waals surface area contributed by atoms with Crippen LogP contribution in [0.3, 0.4) is 0 Å². The Bertz CT molecular complexity index is 806. The molecule has 0 amide bonds. The maximum Gasteiger partial charge on any atom is 0.354 e. The van der Waals surface area contributed by atoms with Gasteiger partial charge in [0.25, 0.3) is 5.69 Å². The van der Waals surface area contributed by atoms with Gasteiger partial charge in [0, 0.05) is 18.2 Å². The fourth-order valence-corrected chi connectivity index (χ4v) is 2.81. The Balaban J connectivity index is 1.75. The topological polar surface area (TPSA) is 148 Å². The van der Waals surface area contributed by atoms with E-state index < -0.39 is 9.85 Å². The van der Waals surface area contributed by atoms with Crippen molar-refractivity contribution in [3.8, 4) is 0 Å². The number of hydrazine groups is 1. The summed E-state index contributed by atoms with van der Waals surface area (Å²) in [6.45, 7) is 0. The van der Waals surface area contributed by atoms with Gasteiger partial charge in [-0.25, -0.2) is 9.97 Å². The molecule has 0 unspecified atom stereocenters. The molecule has 3 N–H and O–H groups in total. The average Bonchev–Trinajstić information content (AvgIpc) is 3.13. The van der Waals surface area contributed by atoms with Crippen molar-refractivity contribution < 1.29 is 9.85 Å². The number of hydrogen-bond donors (Lipinski definition) is 3. The highest BCUT2D eigenvalue weighted by Gasteiger charge is 2.26. The second-order valence-electron chi connectivity index (χ2n) is 5.86. The molecule has 136 valence electrons. The van der Waals surface area contributed by atoms with Crippen LogP contribution in [0.25, 0.3) is 0 Å². The quantitative estimate of drug-likeness (QED) is 0.500. The van der Waals surface area contributed by atoms with Crippen LogP contribution in [0.1, 0.15) is 25.7 Å². The number of nitrogens with one attached hydrogen (secondary N) is 3. The van der Waals surface area contributed by atoms with Crippen LogP contribution in [0, 0.1) is 20.2 Å². The van der Waals surface area contributed by atoms with Gasteiger partial charge in [-0.15, -0.1) is 0 Å². The lowest BCUT2D eigenvalue weighted by Crippen LogP contribution is -2.19. The number of benzene rings is 1. The van der Waals surface area contributed by atoms with Gasteiger partial charge >= 0.3 is 5.69 Å². The highest BCUT2D eigenvalue weighted by atomic mass is 16.6. The van der Waals surface area contributed by atoms with Crippen LogP contribution in [-0.4, -0.2) is 25.9 Å². The van der Waals surface area contributed by atoms with Crippen molar-refractivity contribution in [1.29, 1.82) is 0 Å². The van der Waals surface area contributed by atoms with Crippen LogP contribution in [0.5, 0.6) is 0 Å². The molecule has 1 heterocycles. The fraction of sp³-hybridized carbons (Fsp3) is 0.333. The summed E-state index contributed by atoms with van der Waals surface area (Å²) in [5.41, 5.74) is 5.61. The molecular formula is C15H17N7O4. The highest BCUT2D eigenvalue weighted by molar-refractivity contribution is 5.70. The fourth-order valence-electron chi connectivity index (χ4n) is 2.81. The van der Waals surface area contributed by atoms with Crippen LogP contribution >= 0.6 is 0 Å². The molecule has 0 saturated heterocycles. The number of anilines is 3. The molecule has 0 aliphatic heterocycles. The van der Waals surface area contributed by atoms with Crippen molar-refractivity contribution in [2.75, 3.05) is 16.2 Å². The Morgan fingerprint density at radius 1 is 0.923 bits per heavy atom. The summed E-state index contributed by atoms with van der Waals surface area (Å²) in [6.07, 6.45) is 5.31. The van der Waals surface area contributed by atoms with E-state index in [2.05, 4.69) is 26.1 Å². The first-order valence-corrected chi connectivity index (χ1v) is 8.07. The van der Waals surface area contributed by atoms with Crippen molar-refractivity contribution in [2.24, 2.45) is 0 Å². The second kappa shape index (κ2) is 7.59. The van der Waals surface area contributed by atoms with Crippen molar-refractivity contribution in [1.82, 2.24) is 9.97 Å². The first kappa shape index (κ1) is 17.3. The molecule has 0 bridgehead atoms. The Hall–Kier alpha value is -3.50. The van der Waals surface area contributed by atoms with Crippen molar-refractivity contribution >= 4 is 28.7 Å². The minimum atomic E-state index is -0.545. The number of hydrogen-bond acceptors (Lipinski definition) is 9. The van der Waals surface area contributed by atoms with Gasteiger partial charge in [-0.05, 0) is 25.0 Å². The summed E-state index contributed by atoms with van der Waals surface area (Å²) in [5.74, 6) is 0.175. The van der Waals surface area contributed by atoms with Crippen molar-refractivity contribution in [3.05, 3.63) is 50.8 Å². The molecule has 1 saturated carbocycles.